The van der Waals surface area contributed by atoms with Crippen LogP contribution in [0.4, 0.5) is 4.39 Å². The molecule has 5 heteroatoms. The van der Waals surface area contributed by atoms with Crippen LogP contribution in [-0.2, 0) is 0 Å². The fraction of sp³-hybridized carbons (Fsp3) is 0.0746. The molecule has 2 aromatic heterocycles. The number of rotatable bonds is 10. The molecule has 4 nitrogen and oxygen atoms in total. The van der Waals surface area contributed by atoms with Crippen LogP contribution in [0.5, 0.6) is 0 Å². The first kappa shape index (κ1) is 43.1. The average Bonchev–Trinajstić information content (AvgIpc) is 4.09. The van der Waals surface area contributed by atoms with Gasteiger partial charge < -0.3 is 0 Å². The first-order valence-electron chi connectivity index (χ1n) is 24.8. The van der Waals surface area contributed by atoms with Crippen molar-refractivity contribution in [1.82, 2.24) is 19.9 Å². The first-order chi connectivity index (χ1) is 35.5. The fourth-order valence-electron chi connectivity index (χ4n) is 11.0. The molecule has 2 aliphatic rings. The van der Waals surface area contributed by atoms with Gasteiger partial charge in [-0.3, -0.25) is 4.98 Å². The molecular weight excluding hydrogens is 880 g/mol. The second-order valence-electron chi connectivity index (χ2n) is 19.1. The molecule has 0 aliphatic heterocycles. The van der Waals surface area contributed by atoms with Gasteiger partial charge in [0.25, 0.3) is 0 Å². The van der Waals surface area contributed by atoms with Crippen molar-refractivity contribution >= 4 is 0 Å². The number of pyridine rings is 1. The van der Waals surface area contributed by atoms with Crippen LogP contribution < -0.4 is 0 Å². The highest BCUT2D eigenvalue weighted by atomic mass is 19.1. The second-order valence-corrected chi connectivity index (χ2v) is 19.1. The molecule has 2 aliphatic carbocycles. The lowest BCUT2D eigenvalue weighted by Gasteiger charge is -2.16. The monoisotopic (exact) mass is 926 g/mol. The van der Waals surface area contributed by atoms with Crippen molar-refractivity contribution in [3.8, 4) is 112 Å². The van der Waals surface area contributed by atoms with Gasteiger partial charge in [0.15, 0.2) is 17.5 Å². The first-order valence-corrected chi connectivity index (χ1v) is 24.8. The molecule has 0 saturated heterocycles. The van der Waals surface area contributed by atoms with Crippen molar-refractivity contribution in [2.45, 2.75) is 31.1 Å². The van der Waals surface area contributed by atoms with E-state index in [0.29, 0.717) is 29.2 Å². The van der Waals surface area contributed by atoms with E-state index in [0.717, 1.165) is 83.5 Å². The molecular formula is C67H47FN4. The Labute approximate surface area is 419 Å². The van der Waals surface area contributed by atoms with E-state index in [1.165, 1.54) is 36.5 Å². The SMILES string of the molecule is Fc1cc(-c2ccc3c(c2)C2CCC3C2)ncc1-c1nc(-c2cccc(-c3cc(-c4ccccc4)cc(-c4ccccc4)c3)c2)nc(-c2cccc(-c3cc(-c4ccccc4)cc(-c4ccccc4)c3)c2)n1. The summed E-state index contributed by atoms with van der Waals surface area (Å²) in [5.74, 6) is 1.87. The molecule has 11 aromatic rings. The van der Waals surface area contributed by atoms with Crippen LogP contribution in [0.15, 0.2) is 237 Å². The molecule has 0 N–H and O–H groups in total. The number of aromatic nitrogens is 4. The molecule has 2 heterocycles. The van der Waals surface area contributed by atoms with E-state index >= 15 is 4.39 Å². The lowest BCUT2D eigenvalue weighted by atomic mass is 9.90. The molecule has 342 valence electrons. The molecule has 1 saturated carbocycles. The highest BCUT2D eigenvalue weighted by Crippen LogP contribution is 2.53. The quantitative estimate of drug-likeness (QED) is 0.137. The van der Waals surface area contributed by atoms with Gasteiger partial charge in [-0.1, -0.05) is 170 Å². The Morgan fingerprint density at radius 3 is 1.12 bits per heavy atom. The van der Waals surface area contributed by atoms with Crippen molar-refractivity contribution in [3.63, 3.8) is 0 Å². The number of hydrogen-bond donors (Lipinski definition) is 0. The zero-order valence-electron chi connectivity index (χ0n) is 39.5. The lowest BCUT2D eigenvalue weighted by Crippen LogP contribution is -2.02. The van der Waals surface area contributed by atoms with Crippen LogP contribution in [0.2, 0.25) is 0 Å². The summed E-state index contributed by atoms with van der Waals surface area (Å²) in [6, 6.07) is 80.0. The Morgan fingerprint density at radius 2 is 0.681 bits per heavy atom. The average molecular weight is 927 g/mol. The van der Waals surface area contributed by atoms with Crippen molar-refractivity contribution in [2.24, 2.45) is 0 Å². The number of fused-ring (bicyclic) bond motifs is 5. The largest absolute Gasteiger partial charge is 0.255 e. The Kier molecular flexibility index (Phi) is 11.0. The summed E-state index contributed by atoms with van der Waals surface area (Å²) in [5, 5.41) is 0. The van der Waals surface area contributed by atoms with Crippen molar-refractivity contribution < 1.29 is 4.39 Å². The van der Waals surface area contributed by atoms with Gasteiger partial charge in [-0.05, 0) is 164 Å². The minimum absolute atomic E-state index is 0.210. The maximum absolute atomic E-state index is 16.9. The summed E-state index contributed by atoms with van der Waals surface area (Å²) in [6.45, 7) is 0. The molecule has 9 aromatic carbocycles. The molecule has 2 unspecified atom stereocenters. The second kappa shape index (κ2) is 18.4. The lowest BCUT2D eigenvalue weighted by molar-refractivity contribution is 0.628. The van der Waals surface area contributed by atoms with E-state index in [1.54, 1.807) is 6.20 Å². The predicted octanol–water partition coefficient (Wildman–Crippen LogP) is 17.4. The minimum atomic E-state index is -0.440. The summed E-state index contributed by atoms with van der Waals surface area (Å²) in [7, 11) is 0. The summed E-state index contributed by atoms with van der Waals surface area (Å²) in [6.07, 6.45) is 5.29. The van der Waals surface area contributed by atoms with E-state index in [2.05, 4.69) is 176 Å². The Bertz CT molecular complexity index is 3500. The molecule has 1 fully saturated rings. The summed E-state index contributed by atoms with van der Waals surface area (Å²) in [4.78, 5) is 20.2. The number of hydrogen-bond acceptors (Lipinski definition) is 4. The zero-order chi connectivity index (χ0) is 48.0. The van der Waals surface area contributed by atoms with Gasteiger partial charge in [0.1, 0.15) is 5.82 Å². The van der Waals surface area contributed by atoms with Gasteiger partial charge in [-0.2, -0.15) is 0 Å². The smallest absolute Gasteiger partial charge is 0.168 e. The third-order valence-corrected chi connectivity index (χ3v) is 14.6. The van der Waals surface area contributed by atoms with Gasteiger partial charge in [-0.25, -0.2) is 19.3 Å². The Hall–Kier alpha value is -8.93. The van der Waals surface area contributed by atoms with Crippen LogP contribution in [0.25, 0.3) is 112 Å². The zero-order valence-corrected chi connectivity index (χ0v) is 39.5. The minimum Gasteiger partial charge on any atom is -0.255 e. The summed E-state index contributed by atoms with van der Waals surface area (Å²) in [5.41, 5.74) is 19.2. The summed E-state index contributed by atoms with van der Waals surface area (Å²) < 4.78 is 16.9. The molecule has 0 amide bonds. The molecule has 2 atom stereocenters. The Balaban J connectivity index is 0.938. The normalized spacial score (nSPS) is 14.6. The molecule has 0 spiro atoms. The molecule has 13 rings (SSSR count). The summed E-state index contributed by atoms with van der Waals surface area (Å²) >= 11 is 0. The third-order valence-electron chi connectivity index (χ3n) is 14.6. The van der Waals surface area contributed by atoms with Crippen LogP contribution >= 0.6 is 0 Å². The van der Waals surface area contributed by atoms with E-state index in [1.807, 2.05) is 48.5 Å². The molecule has 0 radical (unpaired) electrons. The van der Waals surface area contributed by atoms with E-state index in [9.17, 15) is 0 Å². The number of benzene rings is 9. The van der Waals surface area contributed by atoms with Gasteiger partial charge >= 0.3 is 0 Å². The van der Waals surface area contributed by atoms with E-state index in [-0.39, 0.29) is 11.4 Å². The fourth-order valence-corrected chi connectivity index (χ4v) is 11.0. The van der Waals surface area contributed by atoms with Gasteiger partial charge in [0.2, 0.25) is 0 Å². The highest BCUT2D eigenvalue weighted by Gasteiger charge is 2.36. The van der Waals surface area contributed by atoms with Gasteiger partial charge in [0.05, 0.1) is 11.3 Å². The molecule has 2 bridgehead atoms. The van der Waals surface area contributed by atoms with Crippen LogP contribution in [0.3, 0.4) is 0 Å². The van der Waals surface area contributed by atoms with E-state index < -0.39 is 5.82 Å². The van der Waals surface area contributed by atoms with Crippen molar-refractivity contribution in [3.05, 3.63) is 254 Å². The maximum atomic E-state index is 16.9. The number of nitrogens with zero attached hydrogens (tertiary/aromatic N) is 4. The Morgan fingerprint density at radius 1 is 0.306 bits per heavy atom. The topological polar surface area (TPSA) is 51.6 Å². The highest BCUT2D eigenvalue weighted by molar-refractivity contribution is 5.85. The van der Waals surface area contributed by atoms with E-state index in [4.69, 9.17) is 19.9 Å². The standard InChI is InChI=1S/C67H47FN4/c68-63-41-64(51-29-30-60-49-27-28-50(33-49)61(60)40-51)69-42-62(63)67-71-65(52-25-13-23-47(31-52)58-36-54(43-15-5-1-6-16-43)34-55(37-58)44-17-7-2-8-18-44)70-66(72-67)53-26-14-24-48(32-53)59-38-56(45-19-9-3-10-20-45)35-57(39-59)46-21-11-4-12-22-46/h1-26,29-32,34-42,49-50H,27-28,33H2. The van der Waals surface area contributed by atoms with Crippen LogP contribution in [-0.4, -0.2) is 19.9 Å². The molecule has 72 heavy (non-hydrogen) atoms. The van der Waals surface area contributed by atoms with Crippen LogP contribution in [0, 0.1) is 5.82 Å². The van der Waals surface area contributed by atoms with Gasteiger partial charge in [0, 0.05) is 29.0 Å². The van der Waals surface area contributed by atoms with Crippen LogP contribution in [0.1, 0.15) is 42.2 Å². The van der Waals surface area contributed by atoms with Gasteiger partial charge in [-0.15, -0.1) is 0 Å². The maximum Gasteiger partial charge on any atom is 0.168 e. The number of halogens is 1. The third kappa shape index (κ3) is 8.39. The van der Waals surface area contributed by atoms with Crippen molar-refractivity contribution in [2.75, 3.05) is 0 Å². The predicted molar refractivity (Wildman–Crippen MR) is 291 cm³/mol. The van der Waals surface area contributed by atoms with Crippen molar-refractivity contribution in [1.29, 1.82) is 0 Å².